The maximum atomic E-state index is 11.2. The molecule has 4 N–H and O–H groups in total. The predicted molar refractivity (Wildman–Crippen MR) is 79.2 cm³/mol. The number of nitrogen functional groups attached to an aromatic ring is 2. The molecular formula is C15H18N4O. The molecule has 5 nitrogen and oxygen atoms in total. The fourth-order valence-electron chi connectivity index (χ4n) is 2.09. The van der Waals surface area contributed by atoms with E-state index >= 15 is 0 Å². The highest BCUT2D eigenvalue weighted by Crippen LogP contribution is 2.19. The van der Waals surface area contributed by atoms with Crippen LogP contribution in [0.15, 0.2) is 24.4 Å². The first kappa shape index (κ1) is 14.0. The van der Waals surface area contributed by atoms with E-state index < -0.39 is 0 Å². The van der Waals surface area contributed by atoms with Crippen LogP contribution in [0.1, 0.15) is 29.2 Å². The van der Waals surface area contributed by atoms with Crippen molar-refractivity contribution in [1.29, 1.82) is 0 Å². The van der Waals surface area contributed by atoms with Crippen molar-refractivity contribution < 1.29 is 4.79 Å². The summed E-state index contributed by atoms with van der Waals surface area (Å²) < 4.78 is 0. The van der Waals surface area contributed by atoms with Gasteiger partial charge in [0.1, 0.15) is 11.6 Å². The van der Waals surface area contributed by atoms with Crippen LogP contribution in [0.25, 0.3) is 0 Å². The fraction of sp³-hybridized carbons (Fsp3) is 0.267. The summed E-state index contributed by atoms with van der Waals surface area (Å²) in [6.45, 7) is 3.62. The zero-order valence-corrected chi connectivity index (χ0v) is 11.7. The van der Waals surface area contributed by atoms with Gasteiger partial charge in [-0.1, -0.05) is 18.2 Å². The second-order valence-electron chi connectivity index (χ2n) is 4.96. The van der Waals surface area contributed by atoms with Crippen molar-refractivity contribution in [3.63, 3.8) is 0 Å². The Morgan fingerprint density at radius 2 is 2.00 bits per heavy atom. The third-order valence-electron chi connectivity index (χ3n) is 3.16. The number of carbonyl (C=O) groups excluding carboxylic acids is 1. The molecule has 0 bridgehead atoms. The number of hydrogen-bond donors (Lipinski definition) is 2. The number of aromatic nitrogens is 2. The van der Waals surface area contributed by atoms with Crippen LogP contribution in [0.4, 0.5) is 11.8 Å². The summed E-state index contributed by atoms with van der Waals surface area (Å²) in [5, 5.41) is 0. The Balaban J connectivity index is 2.30. The Labute approximate surface area is 118 Å². The van der Waals surface area contributed by atoms with Gasteiger partial charge in [-0.3, -0.25) is 4.79 Å². The predicted octanol–water partition coefficient (Wildman–Crippen LogP) is 1.67. The Morgan fingerprint density at radius 3 is 2.65 bits per heavy atom. The molecule has 1 aromatic heterocycles. The van der Waals surface area contributed by atoms with Gasteiger partial charge in [0.05, 0.1) is 0 Å². The highest BCUT2D eigenvalue weighted by Gasteiger charge is 2.08. The van der Waals surface area contributed by atoms with Crippen LogP contribution in [0.5, 0.6) is 0 Å². The first-order chi connectivity index (χ1) is 9.45. The average molecular weight is 270 g/mol. The number of ketones is 1. The van der Waals surface area contributed by atoms with Crippen LogP contribution in [-0.2, 0) is 17.6 Å². The van der Waals surface area contributed by atoms with Gasteiger partial charge in [-0.2, -0.15) is 4.98 Å². The van der Waals surface area contributed by atoms with Gasteiger partial charge in [0.25, 0.3) is 0 Å². The largest absolute Gasteiger partial charge is 0.383 e. The van der Waals surface area contributed by atoms with Gasteiger partial charge in [0, 0.05) is 24.6 Å². The number of rotatable bonds is 4. The summed E-state index contributed by atoms with van der Waals surface area (Å²) in [6.07, 6.45) is 2.72. The number of nitrogens with two attached hydrogens (primary N) is 2. The van der Waals surface area contributed by atoms with Crippen LogP contribution in [0.3, 0.4) is 0 Å². The molecule has 5 heteroatoms. The topological polar surface area (TPSA) is 94.9 Å². The molecule has 1 heterocycles. The van der Waals surface area contributed by atoms with E-state index in [4.69, 9.17) is 11.5 Å². The number of carbonyl (C=O) groups is 1. The van der Waals surface area contributed by atoms with E-state index in [0.717, 1.165) is 22.3 Å². The Morgan fingerprint density at radius 1 is 1.25 bits per heavy atom. The number of hydrogen-bond acceptors (Lipinski definition) is 5. The van der Waals surface area contributed by atoms with Crippen LogP contribution < -0.4 is 11.5 Å². The molecule has 2 rings (SSSR count). The fourth-order valence-corrected chi connectivity index (χ4v) is 2.09. The van der Waals surface area contributed by atoms with E-state index in [0.29, 0.717) is 18.7 Å². The highest BCUT2D eigenvalue weighted by atomic mass is 16.1. The molecule has 0 aliphatic rings. The molecule has 0 saturated heterocycles. The van der Waals surface area contributed by atoms with Crippen LogP contribution in [0, 0.1) is 6.92 Å². The minimum Gasteiger partial charge on any atom is -0.383 e. The molecule has 0 unspecified atom stereocenters. The molecule has 0 aliphatic heterocycles. The van der Waals surface area contributed by atoms with Gasteiger partial charge in [-0.05, 0) is 30.5 Å². The van der Waals surface area contributed by atoms with Crippen LogP contribution in [-0.4, -0.2) is 15.8 Å². The van der Waals surface area contributed by atoms with Crippen molar-refractivity contribution in [2.45, 2.75) is 26.7 Å². The second-order valence-corrected chi connectivity index (χ2v) is 4.96. The van der Waals surface area contributed by atoms with Gasteiger partial charge in [0.2, 0.25) is 5.95 Å². The molecule has 0 spiro atoms. The van der Waals surface area contributed by atoms with Gasteiger partial charge in [0.15, 0.2) is 0 Å². The molecule has 2 aromatic rings. The quantitative estimate of drug-likeness (QED) is 0.881. The summed E-state index contributed by atoms with van der Waals surface area (Å²) >= 11 is 0. The Bertz CT molecular complexity index is 652. The lowest BCUT2D eigenvalue weighted by atomic mass is 9.97. The van der Waals surface area contributed by atoms with Gasteiger partial charge >= 0.3 is 0 Å². The zero-order valence-electron chi connectivity index (χ0n) is 11.7. The van der Waals surface area contributed by atoms with E-state index in [2.05, 4.69) is 9.97 Å². The van der Waals surface area contributed by atoms with Crippen molar-refractivity contribution in [2.24, 2.45) is 0 Å². The van der Waals surface area contributed by atoms with Crippen molar-refractivity contribution in [3.05, 3.63) is 46.6 Å². The lowest BCUT2D eigenvalue weighted by molar-refractivity contribution is -0.116. The number of anilines is 2. The molecule has 0 saturated carbocycles. The Hall–Kier alpha value is -2.43. The SMILES string of the molecule is CC(=O)Cc1ccc(C)c(Cc2cnc(N)nc2N)c1. The minimum atomic E-state index is 0.148. The van der Waals surface area contributed by atoms with Gasteiger partial charge in [-0.15, -0.1) is 0 Å². The molecule has 0 fully saturated rings. The van der Waals surface area contributed by atoms with Crippen molar-refractivity contribution in [2.75, 3.05) is 11.5 Å². The molecular weight excluding hydrogens is 252 g/mol. The van der Waals surface area contributed by atoms with Gasteiger partial charge < -0.3 is 11.5 Å². The van der Waals surface area contributed by atoms with Gasteiger partial charge in [-0.25, -0.2) is 4.98 Å². The zero-order chi connectivity index (χ0) is 14.7. The average Bonchev–Trinajstić information content (AvgIpc) is 2.36. The van der Waals surface area contributed by atoms with Crippen molar-refractivity contribution >= 4 is 17.5 Å². The first-order valence-corrected chi connectivity index (χ1v) is 6.40. The highest BCUT2D eigenvalue weighted by molar-refractivity contribution is 5.78. The molecule has 0 amide bonds. The number of nitrogens with zero attached hydrogens (tertiary/aromatic N) is 2. The maximum absolute atomic E-state index is 11.2. The third-order valence-corrected chi connectivity index (χ3v) is 3.16. The summed E-state index contributed by atoms with van der Waals surface area (Å²) in [5.74, 6) is 0.720. The Kier molecular flexibility index (Phi) is 3.98. The summed E-state index contributed by atoms with van der Waals surface area (Å²) in [6, 6.07) is 6.03. The first-order valence-electron chi connectivity index (χ1n) is 6.40. The summed E-state index contributed by atoms with van der Waals surface area (Å²) in [4.78, 5) is 19.1. The lowest BCUT2D eigenvalue weighted by Crippen LogP contribution is -2.05. The van der Waals surface area contributed by atoms with Crippen LogP contribution in [0.2, 0.25) is 0 Å². The van der Waals surface area contributed by atoms with Crippen molar-refractivity contribution in [1.82, 2.24) is 9.97 Å². The van der Waals surface area contributed by atoms with Crippen molar-refractivity contribution in [3.8, 4) is 0 Å². The third kappa shape index (κ3) is 3.32. The molecule has 1 aromatic carbocycles. The van der Waals surface area contributed by atoms with E-state index in [1.165, 1.54) is 0 Å². The standard InChI is InChI=1S/C15H18N4O/c1-9-3-4-11(5-10(2)20)6-12(9)7-13-8-18-15(17)19-14(13)16/h3-4,6,8H,5,7H2,1-2H3,(H4,16,17,18,19). The molecule has 20 heavy (non-hydrogen) atoms. The molecule has 0 atom stereocenters. The smallest absolute Gasteiger partial charge is 0.221 e. The molecule has 104 valence electrons. The molecule has 0 aliphatic carbocycles. The number of aryl methyl sites for hydroxylation is 1. The normalized spacial score (nSPS) is 10.5. The lowest BCUT2D eigenvalue weighted by Gasteiger charge is -2.10. The van der Waals surface area contributed by atoms with E-state index in [1.54, 1.807) is 13.1 Å². The van der Waals surface area contributed by atoms with E-state index in [-0.39, 0.29) is 11.7 Å². The minimum absolute atomic E-state index is 0.148. The van der Waals surface area contributed by atoms with Crippen LogP contribution >= 0.6 is 0 Å². The number of benzene rings is 1. The van der Waals surface area contributed by atoms with E-state index in [1.807, 2.05) is 25.1 Å². The second kappa shape index (κ2) is 5.69. The number of Topliss-reactive ketones (excluding diaryl/α,β-unsaturated/α-hetero) is 1. The monoisotopic (exact) mass is 270 g/mol. The summed E-state index contributed by atoms with van der Waals surface area (Å²) in [7, 11) is 0. The molecule has 0 radical (unpaired) electrons. The maximum Gasteiger partial charge on any atom is 0.221 e. The van der Waals surface area contributed by atoms with E-state index in [9.17, 15) is 4.79 Å². The summed E-state index contributed by atoms with van der Waals surface area (Å²) in [5.41, 5.74) is 15.4.